The van der Waals surface area contributed by atoms with E-state index in [0.717, 1.165) is 17.0 Å². The first-order valence-corrected chi connectivity index (χ1v) is 6.38. The van der Waals surface area contributed by atoms with Gasteiger partial charge in [-0.3, -0.25) is 19.3 Å². The quantitative estimate of drug-likeness (QED) is 0.803. The van der Waals surface area contributed by atoms with Gasteiger partial charge in [0.05, 0.1) is 17.9 Å². The van der Waals surface area contributed by atoms with E-state index in [1.165, 1.54) is 13.2 Å². The zero-order valence-corrected chi connectivity index (χ0v) is 11.7. The minimum atomic E-state index is -0.829. The van der Waals surface area contributed by atoms with Crippen LogP contribution >= 0.6 is 0 Å². The molecule has 21 heavy (non-hydrogen) atoms. The summed E-state index contributed by atoms with van der Waals surface area (Å²) in [6, 6.07) is 3.19. The van der Waals surface area contributed by atoms with Crippen LogP contribution in [0.5, 0.6) is 0 Å². The molecule has 1 heterocycles. The SMILES string of the molecule is COCC(C)NC(=O)CN1C(=O)C(=O)c2ccc(F)cc21. The van der Waals surface area contributed by atoms with Crippen LogP contribution < -0.4 is 10.2 Å². The number of nitrogens with one attached hydrogen (secondary N) is 1. The highest BCUT2D eigenvalue weighted by molar-refractivity contribution is 6.52. The number of Topliss-reactive ketones (excluding diaryl/α,β-unsaturated/α-hetero) is 1. The molecule has 0 bridgehead atoms. The van der Waals surface area contributed by atoms with E-state index in [4.69, 9.17) is 4.74 Å². The van der Waals surface area contributed by atoms with E-state index in [0.29, 0.717) is 6.61 Å². The zero-order valence-electron chi connectivity index (χ0n) is 11.7. The Morgan fingerprint density at radius 2 is 2.14 bits per heavy atom. The van der Waals surface area contributed by atoms with Gasteiger partial charge in [-0.05, 0) is 25.1 Å². The van der Waals surface area contributed by atoms with Crippen molar-refractivity contribution in [2.24, 2.45) is 0 Å². The Bertz CT molecular complexity index is 603. The van der Waals surface area contributed by atoms with Crippen LogP contribution in [0.15, 0.2) is 18.2 Å². The van der Waals surface area contributed by atoms with Crippen molar-refractivity contribution < 1.29 is 23.5 Å². The first kappa shape index (κ1) is 15.1. The number of fused-ring (bicyclic) bond motifs is 1. The molecule has 2 amide bonds. The Morgan fingerprint density at radius 3 is 2.81 bits per heavy atom. The summed E-state index contributed by atoms with van der Waals surface area (Å²) in [6.45, 7) is 1.73. The largest absolute Gasteiger partial charge is 0.383 e. The lowest BCUT2D eigenvalue weighted by Gasteiger charge is -2.18. The van der Waals surface area contributed by atoms with E-state index in [1.807, 2.05) is 0 Å². The van der Waals surface area contributed by atoms with Crippen LogP contribution in [0, 0.1) is 5.82 Å². The Balaban J connectivity index is 2.14. The molecular formula is C14H15FN2O4. The van der Waals surface area contributed by atoms with Gasteiger partial charge in [0, 0.05) is 13.2 Å². The molecular weight excluding hydrogens is 279 g/mol. The number of rotatable bonds is 5. The number of ketones is 1. The summed E-state index contributed by atoms with van der Waals surface area (Å²) in [6.07, 6.45) is 0. The summed E-state index contributed by atoms with van der Waals surface area (Å²) in [4.78, 5) is 36.5. The second-order valence-electron chi connectivity index (χ2n) is 4.81. The third kappa shape index (κ3) is 3.08. The molecule has 1 N–H and O–H groups in total. The highest BCUT2D eigenvalue weighted by Gasteiger charge is 2.37. The molecule has 0 saturated heterocycles. The summed E-state index contributed by atoms with van der Waals surface area (Å²) in [5, 5.41) is 2.63. The van der Waals surface area contributed by atoms with E-state index >= 15 is 0 Å². The zero-order chi connectivity index (χ0) is 15.6. The number of nitrogens with zero attached hydrogens (tertiary/aromatic N) is 1. The molecule has 0 fully saturated rings. The summed E-state index contributed by atoms with van der Waals surface area (Å²) in [5.74, 6) is -2.58. The van der Waals surface area contributed by atoms with Gasteiger partial charge in [0.2, 0.25) is 5.91 Å². The van der Waals surface area contributed by atoms with Gasteiger partial charge in [0.1, 0.15) is 12.4 Å². The van der Waals surface area contributed by atoms with Crippen LogP contribution in [0.3, 0.4) is 0 Å². The van der Waals surface area contributed by atoms with Gasteiger partial charge in [-0.15, -0.1) is 0 Å². The molecule has 0 spiro atoms. The number of methoxy groups -OCH3 is 1. The minimum absolute atomic E-state index is 0.110. The third-order valence-corrected chi connectivity index (χ3v) is 3.06. The van der Waals surface area contributed by atoms with Crippen molar-refractivity contribution in [2.75, 3.05) is 25.2 Å². The standard InChI is InChI=1S/C14H15FN2O4/c1-8(7-21-2)16-12(18)6-17-11-5-9(15)3-4-10(11)13(19)14(17)20/h3-5,8H,6-7H2,1-2H3,(H,16,18). The van der Waals surface area contributed by atoms with Crippen LogP contribution in [0.4, 0.5) is 10.1 Å². The highest BCUT2D eigenvalue weighted by Crippen LogP contribution is 2.29. The van der Waals surface area contributed by atoms with E-state index < -0.39 is 23.4 Å². The number of amides is 2. The second-order valence-corrected chi connectivity index (χ2v) is 4.81. The molecule has 0 aromatic heterocycles. The van der Waals surface area contributed by atoms with Gasteiger partial charge in [-0.2, -0.15) is 0 Å². The molecule has 1 aromatic carbocycles. The molecule has 0 aliphatic carbocycles. The number of hydrogen-bond acceptors (Lipinski definition) is 4. The molecule has 112 valence electrons. The Morgan fingerprint density at radius 1 is 1.43 bits per heavy atom. The van der Waals surface area contributed by atoms with Gasteiger partial charge >= 0.3 is 0 Å². The van der Waals surface area contributed by atoms with Crippen molar-refractivity contribution >= 4 is 23.3 Å². The Labute approximate surface area is 120 Å². The maximum Gasteiger partial charge on any atom is 0.299 e. The summed E-state index contributed by atoms with van der Waals surface area (Å²) in [5.41, 5.74) is 0.235. The van der Waals surface area contributed by atoms with Crippen molar-refractivity contribution in [2.45, 2.75) is 13.0 Å². The summed E-state index contributed by atoms with van der Waals surface area (Å²) in [7, 11) is 1.50. The highest BCUT2D eigenvalue weighted by atomic mass is 19.1. The number of halogens is 1. The molecule has 1 atom stereocenters. The van der Waals surface area contributed by atoms with Crippen LogP contribution in [0.25, 0.3) is 0 Å². The van der Waals surface area contributed by atoms with Crippen LogP contribution in [-0.2, 0) is 14.3 Å². The fourth-order valence-corrected chi connectivity index (χ4v) is 2.18. The number of hydrogen-bond donors (Lipinski definition) is 1. The number of carbonyl (C=O) groups excluding carboxylic acids is 3. The lowest BCUT2D eigenvalue weighted by atomic mass is 10.1. The van der Waals surface area contributed by atoms with Crippen molar-refractivity contribution in [1.29, 1.82) is 0 Å². The third-order valence-electron chi connectivity index (χ3n) is 3.06. The van der Waals surface area contributed by atoms with Gasteiger partial charge in [-0.1, -0.05) is 0 Å². The fraction of sp³-hybridized carbons (Fsp3) is 0.357. The van der Waals surface area contributed by atoms with Crippen molar-refractivity contribution in [3.05, 3.63) is 29.6 Å². The normalized spacial score (nSPS) is 15.1. The monoisotopic (exact) mass is 294 g/mol. The number of anilines is 1. The Kier molecular flexibility index (Phi) is 4.32. The molecule has 1 aliphatic rings. The maximum atomic E-state index is 13.3. The summed E-state index contributed by atoms with van der Waals surface area (Å²) < 4.78 is 18.2. The predicted octanol–water partition coefficient (Wildman–Crippen LogP) is 0.506. The predicted molar refractivity (Wildman–Crippen MR) is 72.6 cm³/mol. The van der Waals surface area contributed by atoms with Crippen molar-refractivity contribution in [3.8, 4) is 0 Å². The van der Waals surface area contributed by atoms with Gasteiger partial charge in [0.25, 0.3) is 11.7 Å². The average molecular weight is 294 g/mol. The first-order valence-electron chi connectivity index (χ1n) is 6.38. The number of ether oxygens (including phenoxy) is 1. The minimum Gasteiger partial charge on any atom is -0.383 e. The van der Waals surface area contributed by atoms with E-state index in [-0.39, 0.29) is 23.8 Å². The topological polar surface area (TPSA) is 75.7 Å². The molecule has 1 unspecified atom stereocenters. The molecule has 1 aromatic rings. The maximum absolute atomic E-state index is 13.3. The van der Waals surface area contributed by atoms with Gasteiger partial charge in [0.15, 0.2) is 0 Å². The van der Waals surface area contributed by atoms with E-state index in [2.05, 4.69) is 5.32 Å². The first-order chi connectivity index (χ1) is 9.93. The van der Waals surface area contributed by atoms with E-state index in [9.17, 15) is 18.8 Å². The van der Waals surface area contributed by atoms with E-state index in [1.54, 1.807) is 6.92 Å². The van der Waals surface area contributed by atoms with Gasteiger partial charge < -0.3 is 10.1 Å². The van der Waals surface area contributed by atoms with Gasteiger partial charge in [-0.25, -0.2) is 4.39 Å². The van der Waals surface area contributed by atoms with Crippen LogP contribution in [0.2, 0.25) is 0 Å². The Hall–Kier alpha value is -2.28. The molecule has 0 saturated carbocycles. The summed E-state index contributed by atoms with van der Waals surface area (Å²) >= 11 is 0. The van der Waals surface area contributed by atoms with Crippen molar-refractivity contribution in [1.82, 2.24) is 5.32 Å². The molecule has 2 rings (SSSR count). The molecule has 1 aliphatic heterocycles. The van der Waals surface area contributed by atoms with Crippen LogP contribution in [0.1, 0.15) is 17.3 Å². The molecule has 7 heteroatoms. The lowest BCUT2D eigenvalue weighted by Crippen LogP contribution is -2.44. The smallest absolute Gasteiger partial charge is 0.299 e. The second kappa shape index (κ2) is 6.01. The van der Waals surface area contributed by atoms with Crippen molar-refractivity contribution in [3.63, 3.8) is 0 Å². The lowest BCUT2D eigenvalue weighted by molar-refractivity contribution is -0.122. The number of carbonyl (C=O) groups is 3. The molecule has 6 nitrogen and oxygen atoms in total. The molecule has 0 radical (unpaired) electrons. The number of benzene rings is 1. The van der Waals surface area contributed by atoms with Crippen LogP contribution in [-0.4, -0.2) is 43.9 Å². The average Bonchev–Trinajstić information content (AvgIpc) is 2.64. The fourth-order valence-electron chi connectivity index (χ4n) is 2.18.